The van der Waals surface area contributed by atoms with Gasteiger partial charge in [0.25, 0.3) is 0 Å². The molecule has 4 aliphatic carbocycles. The zero-order valence-corrected chi connectivity index (χ0v) is 15.5. The van der Waals surface area contributed by atoms with E-state index in [1.807, 2.05) is 17.0 Å². The van der Waals surface area contributed by atoms with Crippen molar-refractivity contribution < 1.29 is 9.90 Å². The van der Waals surface area contributed by atoms with Gasteiger partial charge in [-0.05, 0) is 74.5 Å². The van der Waals surface area contributed by atoms with E-state index in [9.17, 15) is 9.90 Å². The Hall–Kier alpha value is -1.42. The molecule has 136 valence electrons. The highest BCUT2D eigenvalue weighted by Crippen LogP contribution is 2.68. The SMILES string of the molecule is CCN(Cc1ccncc1)C(=O)[C@]12C[C@@H]3C[C@@](O)(C[C@@](CC)(C3)C1)C2. The first-order valence-electron chi connectivity index (χ1n) is 9.82. The average Bonchev–Trinajstić information content (AvgIpc) is 2.58. The Morgan fingerprint density at radius 3 is 2.60 bits per heavy atom. The largest absolute Gasteiger partial charge is 0.390 e. The lowest BCUT2D eigenvalue weighted by Crippen LogP contribution is -2.64. The second-order valence-electron chi connectivity index (χ2n) is 9.04. The van der Waals surface area contributed by atoms with E-state index in [1.54, 1.807) is 12.4 Å². The fourth-order valence-corrected chi connectivity index (χ4v) is 6.59. The molecule has 0 aliphatic heterocycles. The summed E-state index contributed by atoms with van der Waals surface area (Å²) < 4.78 is 0. The third kappa shape index (κ3) is 2.79. The molecule has 4 fully saturated rings. The Morgan fingerprint density at radius 1 is 1.20 bits per heavy atom. The number of aromatic nitrogens is 1. The summed E-state index contributed by atoms with van der Waals surface area (Å²) in [5.41, 5.74) is 0.354. The van der Waals surface area contributed by atoms with Gasteiger partial charge in [-0.25, -0.2) is 0 Å². The summed E-state index contributed by atoms with van der Waals surface area (Å²) in [5.74, 6) is 0.789. The van der Waals surface area contributed by atoms with E-state index in [0.29, 0.717) is 25.4 Å². The molecule has 1 heterocycles. The number of carbonyl (C=O) groups excluding carboxylic acids is 1. The lowest BCUT2D eigenvalue weighted by atomic mass is 9.42. The molecule has 0 radical (unpaired) electrons. The molecule has 0 unspecified atom stereocenters. The summed E-state index contributed by atoms with van der Waals surface area (Å²) in [7, 11) is 0. The van der Waals surface area contributed by atoms with Crippen molar-refractivity contribution in [2.24, 2.45) is 16.7 Å². The maximum atomic E-state index is 13.6. The van der Waals surface area contributed by atoms with Crippen LogP contribution in [-0.4, -0.2) is 33.0 Å². The van der Waals surface area contributed by atoms with Crippen LogP contribution in [0, 0.1) is 16.7 Å². The lowest BCUT2D eigenvalue weighted by molar-refractivity contribution is -0.210. The Bertz CT molecular complexity index is 663. The number of nitrogens with zero attached hydrogens (tertiary/aromatic N) is 2. The molecule has 1 amide bonds. The number of amides is 1. The predicted molar refractivity (Wildman–Crippen MR) is 96.6 cm³/mol. The molecule has 1 N–H and O–H groups in total. The van der Waals surface area contributed by atoms with Crippen molar-refractivity contribution >= 4 is 5.91 Å². The van der Waals surface area contributed by atoms with E-state index in [2.05, 4.69) is 18.8 Å². The Morgan fingerprint density at radius 2 is 1.96 bits per heavy atom. The molecule has 4 aliphatic rings. The molecule has 0 aromatic carbocycles. The fourth-order valence-electron chi connectivity index (χ4n) is 6.59. The molecule has 4 saturated carbocycles. The molecule has 4 nitrogen and oxygen atoms in total. The van der Waals surface area contributed by atoms with Crippen molar-refractivity contribution in [3.05, 3.63) is 30.1 Å². The maximum Gasteiger partial charge on any atom is 0.229 e. The molecular weight excluding hydrogens is 312 g/mol. The third-order valence-electron chi connectivity index (χ3n) is 7.15. The van der Waals surface area contributed by atoms with Gasteiger partial charge in [0.1, 0.15) is 0 Å². The number of pyridine rings is 1. The van der Waals surface area contributed by atoms with Gasteiger partial charge in [0.05, 0.1) is 11.0 Å². The number of aliphatic hydroxyl groups is 1. The highest BCUT2D eigenvalue weighted by atomic mass is 16.3. The number of hydrogen-bond donors (Lipinski definition) is 1. The van der Waals surface area contributed by atoms with Gasteiger partial charge in [-0.2, -0.15) is 0 Å². The lowest BCUT2D eigenvalue weighted by Gasteiger charge is -2.64. The smallest absolute Gasteiger partial charge is 0.229 e. The Balaban J connectivity index is 1.62. The van der Waals surface area contributed by atoms with Crippen LogP contribution >= 0.6 is 0 Å². The molecule has 5 rings (SSSR count). The van der Waals surface area contributed by atoms with Gasteiger partial charge >= 0.3 is 0 Å². The number of hydrogen-bond acceptors (Lipinski definition) is 3. The van der Waals surface area contributed by atoms with Crippen LogP contribution in [0.2, 0.25) is 0 Å². The van der Waals surface area contributed by atoms with Crippen LogP contribution in [0.3, 0.4) is 0 Å². The van der Waals surface area contributed by atoms with Crippen LogP contribution < -0.4 is 0 Å². The second-order valence-corrected chi connectivity index (χ2v) is 9.04. The summed E-state index contributed by atoms with van der Waals surface area (Å²) >= 11 is 0. The Labute approximate surface area is 150 Å². The number of carbonyl (C=O) groups is 1. The molecule has 4 heteroatoms. The molecule has 1 aromatic heterocycles. The van der Waals surface area contributed by atoms with Gasteiger partial charge in [0, 0.05) is 25.5 Å². The van der Waals surface area contributed by atoms with Gasteiger partial charge in [-0.3, -0.25) is 9.78 Å². The topological polar surface area (TPSA) is 53.4 Å². The molecule has 0 spiro atoms. The van der Waals surface area contributed by atoms with Gasteiger partial charge in [0.15, 0.2) is 0 Å². The van der Waals surface area contributed by atoms with Gasteiger partial charge in [0.2, 0.25) is 5.91 Å². The van der Waals surface area contributed by atoms with E-state index in [0.717, 1.165) is 37.7 Å². The monoisotopic (exact) mass is 342 g/mol. The number of rotatable bonds is 5. The fraction of sp³-hybridized carbons (Fsp3) is 0.714. The average molecular weight is 342 g/mol. The van der Waals surface area contributed by atoms with Crippen molar-refractivity contribution in [2.75, 3.05) is 6.54 Å². The summed E-state index contributed by atoms with van der Waals surface area (Å²) in [6, 6.07) is 3.97. The minimum Gasteiger partial charge on any atom is -0.390 e. The van der Waals surface area contributed by atoms with Crippen LogP contribution in [0.15, 0.2) is 24.5 Å². The van der Waals surface area contributed by atoms with E-state index < -0.39 is 5.60 Å². The first kappa shape index (κ1) is 17.0. The van der Waals surface area contributed by atoms with Crippen molar-refractivity contribution in [2.45, 2.75) is 70.9 Å². The summed E-state index contributed by atoms with van der Waals surface area (Å²) in [6.07, 6.45) is 10.3. The normalized spacial score (nSPS) is 38.8. The molecule has 0 saturated heterocycles. The van der Waals surface area contributed by atoms with Gasteiger partial charge in [-0.15, -0.1) is 0 Å². The van der Waals surface area contributed by atoms with Crippen molar-refractivity contribution in [1.29, 1.82) is 0 Å². The van der Waals surface area contributed by atoms with E-state index in [1.165, 1.54) is 6.42 Å². The van der Waals surface area contributed by atoms with Crippen LogP contribution in [-0.2, 0) is 11.3 Å². The Kier molecular flexibility index (Phi) is 3.95. The first-order chi connectivity index (χ1) is 11.9. The zero-order chi connectivity index (χ0) is 17.7. The van der Waals surface area contributed by atoms with Crippen LogP contribution in [0.25, 0.3) is 0 Å². The summed E-state index contributed by atoms with van der Waals surface area (Å²) in [4.78, 5) is 19.7. The van der Waals surface area contributed by atoms with Crippen molar-refractivity contribution in [3.8, 4) is 0 Å². The molecule has 4 atom stereocenters. The second kappa shape index (κ2) is 5.80. The van der Waals surface area contributed by atoms with Crippen molar-refractivity contribution in [3.63, 3.8) is 0 Å². The quantitative estimate of drug-likeness (QED) is 0.890. The molecular formula is C21H30N2O2. The van der Waals surface area contributed by atoms with Gasteiger partial charge in [-0.1, -0.05) is 13.3 Å². The molecule has 25 heavy (non-hydrogen) atoms. The predicted octanol–water partition coefficient (Wildman–Crippen LogP) is 3.54. The van der Waals surface area contributed by atoms with E-state index >= 15 is 0 Å². The highest BCUT2D eigenvalue weighted by Gasteiger charge is 2.65. The summed E-state index contributed by atoms with van der Waals surface area (Å²) in [5, 5.41) is 11.2. The molecule has 4 bridgehead atoms. The third-order valence-corrected chi connectivity index (χ3v) is 7.15. The maximum absolute atomic E-state index is 13.6. The van der Waals surface area contributed by atoms with Crippen molar-refractivity contribution in [1.82, 2.24) is 9.88 Å². The minimum absolute atomic E-state index is 0.180. The minimum atomic E-state index is -0.610. The molecule has 1 aromatic rings. The van der Waals surface area contributed by atoms with Crippen LogP contribution in [0.5, 0.6) is 0 Å². The zero-order valence-electron chi connectivity index (χ0n) is 15.5. The highest BCUT2D eigenvalue weighted by molar-refractivity contribution is 5.83. The van der Waals surface area contributed by atoms with Crippen LogP contribution in [0.1, 0.15) is 64.4 Å². The van der Waals surface area contributed by atoms with E-state index in [-0.39, 0.29) is 16.7 Å². The van der Waals surface area contributed by atoms with Crippen LogP contribution in [0.4, 0.5) is 0 Å². The standard InChI is InChI=1S/C21H30N2O2/c1-3-19-9-17-10-20(13-19,15-21(25,11-17)14-19)18(24)23(4-2)12-16-5-7-22-8-6-16/h5-8,17,25H,3-4,9-15H2,1-2H3/t17-,19+,20-,21-/m1/s1. The first-order valence-corrected chi connectivity index (χ1v) is 9.82. The summed E-state index contributed by atoms with van der Waals surface area (Å²) in [6.45, 7) is 5.65. The van der Waals surface area contributed by atoms with Gasteiger partial charge < -0.3 is 10.0 Å². The van der Waals surface area contributed by atoms with E-state index in [4.69, 9.17) is 0 Å².